The zero-order valence-corrected chi connectivity index (χ0v) is 13.3. The second kappa shape index (κ2) is 5.40. The Hall–Kier alpha value is -0.630. The third-order valence-electron chi connectivity index (χ3n) is 3.26. The SMILES string of the molecule is Cc1c(N)cc(Br)cc1S(=O)(=O)N1CCOC[C@H]1C. The van der Waals surface area contributed by atoms with E-state index in [1.165, 1.54) is 4.31 Å². The Morgan fingerprint density at radius 3 is 2.79 bits per heavy atom. The van der Waals surface area contributed by atoms with Crippen LogP contribution in [0, 0.1) is 6.92 Å². The van der Waals surface area contributed by atoms with Gasteiger partial charge in [0.2, 0.25) is 10.0 Å². The number of hydrogen-bond acceptors (Lipinski definition) is 4. The van der Waals surface area contributed by atoms with Crippen LogP contribution in [-0.2, 0) is 14.8 Å². The van der Waals surface area contributed by atoms with Crippen molar-refractivity contribution in [3.8, 4) is 0 Å². The van der Waals surface area contributed by atoms with Crippen LogP contribution >= 0.6 is 15.9 Å². The van der Waals surface area contributed by atoms with Gasteiger partial charge in [-0.05, 0) is 31.5 Å². The Balaban J connectivity index is 2.50. The van der Waals surface area contributed by atoms with Crippen molar-refractivity contribution in [2.75, 3.05) is 25.5 Å². The van der Waals surface area contributed by atoms with Crippen LogP contribution in [0.4, 0.5) is 5.69 Å². The van der Waals surface area contributed by atoms with Crippen LogP contribution < -0.4 is 5.73 Å². The summed E-state index contributed by atoms with van der Waals surface area (Å²) >= 11 is 3.29. The smallest absolute Gasteiger partial charge is 0.243 e. The van der Waals surface area contributed by atoms with Gasteiger partial charge in [0.15, 0.2) is 0 Å². The number of morpholine rings is 1. The van der Waals surface area contributed by atoms with Gasteiger partial charge in [0, 0.05) is 22.7 Å². The van der Waals surface area contributed by atoms with Crippen LogP contribution in [0.2, 0.25) is 0 Å². The van der Waals surface area contributed by atoms with E-state index in [0.717, 1.165) is 0 Å². The number of nitrogens with zero attached hydrogens (tertiary/aromatic N) is 1. The van der Waals surface area contributed by atoms with Crippen molar-refractivity contribution >= 4 is 31.6 Å². The quantitative estimate of drug-likeness (QED) is 0.826. The summed E-state index contributed by atoms with van der Waals surface area (Å²) < 4.78 is 32.9. The highest BCUT2D eigenvalue weighted by molar-refractivity contribution is 9.10. The van der Waals surface area contributed by atoms with Gasteiger partial charge in [-0.15, -0.1) is 0 Å². The van der Waals surface area contributed by atoms with Crippen molar-refractivity contribution in [1.82, 2.24) is 4.31 Å². The molecule has 0 bridgehead atoms. The lowest BCUT2D eigenvalue weighted by Crippen LogP contribution is -2.47. The Kier molecular flexibility index (Phi) is 4.20. The van der Waals surface area contributed by atoms with E-state index in [4.69, 9.17) is 10.5 Å². The highest BCUT2D eigenvalue weighted by atomic mass is 79.9. The Morgan fingerprint density at radius 1 is 1.47 bits per heavy atom. The Bertz CT molecular complexity index is 589. The molecule has 0 aliphatic carbocycles. The summed E-state index contributed by atoms with van der Waals surface area (Å²) in [7, 11) is -3.54. The fourth-order valence-electron chi connectivity index (χ4n) is 2.14. The van der Waals surface area contributed by atoms with Crippen molar-refractivity contribution < 1.29 is 13.2 Å². The standard InChI is InChI=1S/C12H17BrN2O3S/c1-8-7-18-4-3-15(8)19(16,17)12-6-10(13)5-11(14)9(12)2/h5-6,8H,3-4,7,14H2,1-2H3/t8-/m1/s1. The third kappa shape index (κ3) is 2.79. The molecule has 1 aromatic rings. The average Bonchev–Trinajstić information content (AvgIpc) is 2.34. The second-order valence-electron chi connectivity index (χ2n) is 4.66. The number of rotatable bonds is 2. The molecule has 7 heteroatoms. The van der Waals surface area contributed by atoms with Crippen LogP contribution in [0.3, 0.4) is 0 Å². The number of hydrogen-bond donors (Lipinski definition) is 1. The van der Waals surface area contributed by atoms with Gasteiger partial charge in [-0.1, -0.05) is 15.9 Å². The molecule has 0 radical (unpaired) electrons. The maximum absolute atomic E-state index is 12.7. The fraction of sp³-hybridized carbons (Fsp3) is 0.500. The minimum atomic E-state index is -3.54. The lowest BCUT2D eigenvalue weighted by molar-refractivity contribution is 0.0392. The molecule has 1 heterocycles. The molecule has 0 unspecified atom stereocenters. The Morgan fingerprint density at radius 2 is 2.16 bits per heavy atom. The van der Waals surface area contributed by atoms with Crippen molar-refractivity contribution in [2.24, 2.45) is 0 Å². The Labute approximate surface area is 121 Å². The summed E-state index contributed by atoms with van der Waals surface area (Å²) in [5.41, 5.74) is 6.90. The van der Waals surface area contributed by atoms with E-state index in [-0.39, 0.29) is 10.9 Å². The molecule has 19 heavy (non-hydrogen) atoms. The number of halogens is 1. The van der Waals surface area contributed by atoms with Gasteiger partial charge in [-0.25, -0.2) is 8.42 Å². The minimum absolute atomic E-state index is 0.168. The molecule has 2 rings (SSSR count). The summed E-state index contributed by atoms with van der Waals surface area (Å²) in [4.78, 5) is 0.258. The van der Waals surface area contributed by atoms with E-state index in [1.54, 1.807) is 19.1 Å². The van der Waals surface area contributed by atoms with E-state index in [9.17, 15) is 8.42 Å². The minimum Gasteiger partial charge on any atom is -0.398 e. The molecule has 1 aliphatic rings. The molecule has 0 amide bonds. The molecular formula is C12H17BrN2O3S. The van der Waals surface area contributed by atoms with Crippen molar-refractivity contribution in [3.63, 3.8) is 0 Å². The normalized spacial score (nSPS) is 21.5. The van der Waals surface area contributed by atoms with Crippen molar-refractivity contribution in [1.29, 1.82) is 0 Å². The molecule has 1 atom stereocenters. The van der Waals surface area contributed by atoms with E-state index in [0.29, 0.717) is 35.5 Å². The number of ether oxygens (including phenoxy) is 1. The first-order valence-corrected chi connectivity index (χ1v) is 8.22. The second-order valence-corrected chi connectivity index (χ2v) is 7.43. The van der Waals surface area contributed by atoms with Crippen molar-refractivity contribution in [2.45, 2.75) is 24.8 Å². The zero-order chi connectivity index (χ0) is 14.2. The van der Waals surface area contributed by atoms with Gasteiger partial charge in [0.05, 0.1) is 18.1 Å². The van der Waals surface area contributed by atoms with Crippen LogP contribution in [0.15, 0.2) is 21.5 Å². The van der Waals surface area contributed by atoms with Crippen LogP contribution in [0.5, 0.6) is 0 Å². The van der Waals surface area contributed by atoms with Gasteiger partial charge in [0.1, 0.15) is 0 Å². The molecule has 0 saturated carbocycles. The molecule has 1 saturated heterocycles. The molecule has 5 nitrogen and oxygen atoms in total. The number of benzene rings is 1. The number of sulfonamides is 1. The van der Waals surface area contributed by atoms with Gasteiger partial charge < -0.3 is 10.5 Å². The van der Waals surface area contributed by atoms with Crippen molar-refractivity contribution in [3.05, 3.63) is 22.2 Å². The number of anilines is 1. The summed E-state index contributed by atoms with van der Waals surface area (Å²) in [6, 6.07) is 3.14. The summed E-state index contributed by atoms with van der Waals surface area (Å²) in [5.74, 6) is 0. The number of nitrogens with two attached hydrogens (primary N) is 1. The summed E-state index contributed by atoms with van der Waals surface area (Å²) in [6.07, 6.45) is 0. The molecule has 1 fully saturated rings. The highest BCUT2D eigenvalue weighted by Crippen LogP contribution is 2.29. The van der Waals surface area contributed by atoms with Crippen LogP contribution in [-0.4, -0.2) is 38.5 Å². The zero-order valence-electron chi connectivity index (χ0n) is 10.9. The maximum atomic E-state index is 12.7. The van der Waals surface area contributed by atoms with Crippen LogP contribution in [0.1, 0.15) is 12.5 Å². The molecule has 1 aromatic carbocycles. The predicted octanol–water partition coefficient (Wildman–Crippen LogP) is 1.75. The molecule has 1 aliphatic heterocycles. The van der Waals surface area contributed by atoms with Gasteiger partial charge >= 0.3 is 0 Å². The molecule has 0 aromatic heterocycles. The topological polar surface area (TPSA) is 72.6 Å². The van der Waals surface area contributed by atoms with Crippen LogP contribution in [0.25, 0.3) is 0 Å². The lowest BCUT2D eigenvalue weighted by Gasteiger charge is -2.32. The molecule has 106 valence electrons. The largest absolute Gasteiger partial charge is 0.398 e. The summed E-state index contributed by atoms with van der Waals surface area (Å²) in [5, 5.41) is 0. The first-order chi connectivity index (χ1) is 8.84. The molecule has 0 spiro atoms. The van der Waals surface area contributed by atoms with Gasteiger partial charge in [-0.2, -0.15) is 4.31 Å². The van der Waals surface area contributed by atoms with E-state index in [2.05, 4.69) is 15.9 Å². The number of nitrogen functional groups attached to an aromatic ring is 1. The van der Waals surface area contributed by atoms with E-state index >= 15 is 0 Å². The molecular weight excluding hydrogens is 332 g/mol. The monoisotopic (exact) mass is 348 g/mol. The van der Waals surface area contributed by atoms with E-state index in [1.807, 2.05) is 6.92 Å². The lowest BCUT2D eigenvalue weighted by atomic mass is 10.2. The summed E-state index contributed by atoms with van der Waals surface area (Å²) in [6.45, 7) is 4.77. The van der Waals surface area contributed by atoms with E-state index < -0.39 is 10.0 Å². The average molecular weight is 349 g/mol. The first kappa shape index (κ1) is 14.8. The first-order valence-electron chi connectivity index (χ1n) is 5.99. The highest BCUT2D eigenvalue weighted by Gasteiger charge is 2.33. The fourth-order valence-corrected chi connectivity index (χ4v) is 4.65. The molecule has 2 N–H and O–H groups in total. The van der Waals surface area contributed by atoms with Gasteiger partial charge in [0.25, 0.3) is 0 Å². The predicted molar refractivity (Wildman–Crippen MR) is 77.5 cm³/mol. The maximum Gasteiger partial charge on any atom is 0.243 e. The van der Waals surface area contributed by atoms with Gasteiger partial charge in [-0.3, -0.25) is 0 Å². The third-order valence-corrected chi connectivity index (χ3v) is 5.86.